The van der Waals surface area contributed by atoms with Crippen LogP contribution in [-0.4, -0.2) is 24.7 Å². The summed E-state index contributed by atoms with van der Waals surface area (Å²) in [6.45, 7) is 5.37. The van der Waals surface area contributed by atoms with E-state index in [4.69, 9.17) is 9.47 Å². The summed E-state index contributed by atoms with van der Waals surface area (Å²) in [4.78, 5) is 24.1. The van der Waals surface area contributed by atoms with E-state index in [0.29, 0.717) is 22.7 Å². The van der Waals surface area contributed by atoms with E-state index in [9.17, 15) is 9.59 Å². The van der Waals surface area contributed by atoms with Crippen molar-refractivity contribution >= 4 is 23.4 Å². The van der Waals surface area contributed by atoms with Gasteiger partial charge in [0.05, 0.1) is 12.8 Å². The molecule has 132 valence electrons. The standard InChI is InChI=1S/C19H22N2O4/c1-19(2,3)25-18(23)20-14-11-9-13(10-12-14)17(22)21-15-7-5-6-8-16(15)24-4/h5-12H,1-4H3,(H,20,23)(H,21,22). The summed E-state index contributed by atoms with van der Waals surface area (Å²) in [5.74, 6) is 0.312. The Morgan fingerprint density at radius 1 is 0.920 bits per heavy atom. The summed E-state index contributed by atoms with van der Waals surface area (Å²) in [6, 6.07) is 13.7. The number of para-hydroxylation sites is 2. The van der Waals surface area contributed by atoms with Crippen molar-refractivity contribution < 1.29 is 19.1 Å². The van der Waals surface area contributed by atoms with Crippen LogP contribution in [0.25, 0.3) is 0 Å². The maximum Gasteiger partial charge on any atom is 0.412 e. The molecule has 0 radical (unpaired) electrons. The lowest BCUT2D eigenvalue weighted by Gasteiger charge is -2.19. The predicted octanol–water partition coefficient (Wildman–Crippen LogP) is 4.29. The second-order valence-corrected chi connectivity index (χ2v) is 6.36. The molecule has 0 bridgehead atoms. The number of methoxy groups -OCH3 is 1. The van der Waals surface area contributed by atoms with Crippen molar-refractivity contribution in [1.82, 2.24) is 0 Å². The van der Waals surface area contributed by atoms with E-state index in [1.165, 1.54) is 0 Å². The molecular weight excluding hydrogens is 320 g/mol. The third-order valence-corrected chi connectivity index (χ3v) is 3.15. The fraction of sp³-hybridized carbons (Fsp3) is 0.263. The molecule has 0 aliphatic carbocycles. The van der Waals surface area contributed by atoms with Crippen LogP contribution >= 0.6 is 0 Å². The molecule has 25 heavy (non-hydrogen) atoms. The Morgan fingerprint density at radius 3 is 2.16 bits per heavy atom. The number of carbonyl (C=O) groups excluding carboxylic acids is 2. The molecule has 6 nitrogen and oxygen atoms in total. The smallest absolute Gasteiger partial charge is 0.412 e. The van der Waals surface area contributed by atoms with Crippen molar-refractivity contribution in [3.8, 4) is 5.75 Å². The zero-order valence-corrected chi connectivity index (χ0v) is 14.8. The number of ether oxygens (including phenoxy) is 2. The molecule has 0 aromatic heterocycles. The van der Waals surface area contributed by atoms with E-state index >= 15 is 0 Å². The summed E-state index contributed by atoms with van der Waals surface area (Å²) in [6.07, 6.45) is -0.543. The molecule has 2 aromatic carbocycles. The van der Waals surface area contributed by atoms with Gasteiger partial charge in [-0.3, -0.25) is 10.1 Å². The second-order valence-electron chi connectivity index (χ2n) is 6.36. The molecule has 0 saturated carbocycles. The predicted molar refractivity (Wildman–Crippen MR) is 97.2 cm³/mol. The fourth-order valence-corrected chi connectivity index (χ4v) is 2.07. The van der Waals surface area contributed by atoms with Gasteiger partial charge in [-0.25, -0.2) is 4.79 Å². The van der Waals surface area contributed by atoms with E-state index in [-0.39, 0.29) is 5.91 Å². The highest BCUT2D eigenvalue weighted by molar-refractivity contribution is 6.05. The summed E-state index contributed by atoms with van der Waals surface area (Å²) < 4.78 is 10.4. The molecule has 6 heteroatoms. The zero-order chi connectivity index (χ0) is 18.4. The highest BCUT2D eigenvalue weighted by Crippen LogP contribution is 2.24. The lowest BCUT2D eigenvalue weighted by atomic mass is 10.2. The van der Waals surface area contributed by atoms with Crippen molar-refractivity contribution in [3.05, 3.63) is 54.1 Å². The van der Waals surface area contributed by atoms with Gasteiger partial charge in [0.25, 0.3) is 5.91 Å². The average Bonchev–Trinajstić information content (AvgIpc) is 2.54. The van der Waals surface area contributed by atoms with E-state index in [2.05, 4.69) is 10.6 Å². The van der Waals surface area contributed by atoms with E-state index in [0.717, 1.165) is 0 Å². The van der Waals surface area contributed by atoms with Crippen molar-refractivity contribution in [2.45, 2.75) is 26.4 Å². The lowest BCUT2D eigenvalue weighted by molar-refractivity contribution is 0.0636. The maximum atomic E-state index is 12.3. The van der Waals surface area contributed by atoms with Crippen LogP contribution in [0.4, 0.5) is 16.2 Å². The van der Waals surface area contributed by atoms with E-state index in [1.807, 2.05) is 12.1 Å². The minimum atomic E-state index is -0.571. The minimum Gasteiger partial charge on any atom is -0.495 e. The molecule has 2 aromatic rings. The van der Waals surface area contributed by atoms with Gasteiger partial charge >= 0.3 is 6.09 Å². The Hall–Kier alpha value is -3.02. The number of carbonyl (C=O) groups is 2. The van der Waals surface area contributed by atoms with Gasteiger partial charge in [0, 0.05) is 11.3 Å². The molecule has 2 N–H and O–H groups in total. The number of hydrogen-bond acceptors (Lipinski definition) is 4. The van der Waals surface area contributed by atoms with Crippen LogP contribution < -0.4 is 15.4 Å². The topological polar surface area (TPSA) is 76.7 Å². The first-order valence-electron chi connectivity index (χ1n) is 7.83. The number of hydrogen-bond donors (Lipinski definition) is 2. The van der Waals surface area contributed by atoms with Gasteiger partial charge in [-0.1, -0.05) is 12.1 Å². The van der Waals surface area contributed by atoms with Crippen LogP contribution in [0.3, 0.4) is 0 Å². The first kappa shape index (κ1) is 18.3. The monoisotopic (exact) mass is 342 g/mol. The molecule has 0 unspecified atom stereocenters. The van der Waals surface area contributed by atoms with Gasteiger partial charge in [0.2, 0.25) is 0 Å². The van der Waals surface area contributed by atoms with Crippen LogP contribution in [0.15, 0.2) is 48.5 Å². The Balaban J connectivity index is 2.02. The van der Waals surface area contributed by atoms with Crippen LogP contribution in [0.2, 0.25) is 0 Å². The van der Waals surface area contributed by atoms with Gasteiger partial charge in [0.1, 0.15) is 11.4 Å². The molecule has 0 heterocycles. The van der Waals surface area contributed by atoms with Crippen molar-refractivity contribution in [2.24, 2.45) is 0 Å². The molecule has 0 aliphatic heterocycles. The van der Waals surface area contributed by atoms with Gasteiger partial charge in [0.15, 0.2) is 0 Å². The Morgan fingerprint density at radius 2 is 1.56 bits per heavy atom. The molecule has 0 aliphatic rings. The molecule has 0 fully saturated rings. The van der Waals surface area contributed by atoms with Crippen molar-refractivity contribution in [1.29, 1.82) is 0 Å². The minimum absolute atomic E-state index is 0.270. The van der Waals surface area contributed by atoms with Gasteiger partial charge in [-0.2, -0.15) is 0 Å². The normalized spacial score (nSPS) is 10.7. The SMILES string of the molecule is COc1ccccc1NC(=O)c1ccc(NC(=O)OC(C)(C)C)cc1. The number of nitrogens with one attached hydrogen (secondary N) is 2. The quantitative estimate of drug-likeness (QED) is 0.869. The maximum absolute atomic E-state index is 12.3. The van der Waals surface area contributed by atoms with Crippen LogP contribution in [-0.2, 0) is 4.74 Å². The van der Waals surface area contributed by atoms with Gasteiger partial charge in [-0.15, -0.1) is 0 Å². The number of benzene rings is 2. The Kier molecular flexibility index (Phi) is 5.64. The summed E-state index contributed by atoms with van der Waals surface area (Å²) in [5.41, 5.74) is 1.02. The lowest BCUT2D eigenvalue weighted by Crippen LogP contribution is -2.27. The first-order valence-corrected chi connectivity index (χ1v) is 7.83. The average molecular weight is 342 g/mol. The summed E-state index contributed by atoms with van der Waals surface area (Å²) >= 11 is 0. The fourth-order valence-electron chi connectivity index (χ4n) is 2.07. The van der Waals surface area contributed by atoms with Gasteiger partial charge in [-0.05, 0) is 57.2 Å². The molecular formula is C19H22N2O4. The van der Waals surface area contributed by atoms with Crippen LogP contribution in [0.1, 0.15) is 31.1 Å². The number of anilines is 2. The molecule has 2 rings (SSSR count). The summed E-state index contributed by atoms with van der Waals surface area (Å²) in [5, 5.41) is 5.41. The second kappa shape index (κ2) is 7.70. The number of rotatable bonds is 4. The third-order valence-electron chi connectivity index (χ3n) is 3.15. The Labute approximate surface area is 147 Å². The van der Waals surface area contributed by atoms with Crippen LogP contribution in [0, 0.1) is 0 Å². The van der Waals surface area contributed by atoms with Crippen molar-refractivity contribution in [3.63, 3.8) is 0 Å². The highest BCUT2D eigenvalue weighted by Gasteiger charge is 2.16. The number of amides is 2. The zero-order valence-electron chi connectivity index (χ0n) is 14.8. The molecule has 2 amide bonds. The van der Waals surface area contributed by atoms with E-state index in [1.54, 1.807) is 64.3 Å². The van der Waals surface area contributed by atoms with Crippen molar-refractivity contribution in [2.75, 3.05) is 17.7 Å². The van der Waals surface area contributed by atoms with Gasteiger partial charge < -0.3 is 14.8 Å². The third kappa shape index (κ3) is 5.53. The molecule has 0 atom stereocenters. The van der Waals surface area contributed by atoms with E-state index < -0.39 is 11.7 Å². The highest BCUT2D eigenvalue weighted by atomic mass is 16.6. The largest absolute Gasteiger partial charge is 0.495 e. The summed E-state index contributed by atoms with van der Waals surface area (Å²) in [7, 11) is 1.54. The van der Waals surface area contributed by atoms with Crippen LogP contribution in [0.5, 0.6) is 5.75 Å². The first-order chi connectivity index (χ1) is 11.8. The molecule has 0 saturated heterocycles. The molecule has 0 spiro atoms. The Bertz CT molecular complexity index is 749.